The zero-order valence-corrected chi connectivity index (χ0v) is 13.5. The molecule has 2 aromatic carbocycles. The summed E-state index contributed by atoms with van der Waals surface area (Å²) >= 11 is 6.20. The number of anilines is 1. The predicted molar refractivity (Wildman–Crippen MR) is 93.6 cm³/mol. The Morgan fingerprint density at radius 2 is 2.09 bits per heavy atom. The number of benzene rings is 2. The molecule has 0 saturated heterocycles. The van der Waals surface area contributed by atoms with Gasteiger partial charge in [-0.25, -0.2) is 0 Å². The summed E-state index contributed by atoms with van der Waals surface area (Å²) in [6, 6.07) is 15.5. The number of allylic oxidation sites excluding steroid dienone is 2. The molecule has 4 rings (SSSR count). The highest BCUT2D eigenvalue weighted by Gasteiger charge is 2.37. The van der Waals surface area contributed by atoms with Crippen LogP contribution >= 0.6 is 11.6 Å². The van der Waals surface area contributed by atoms with Crippen molar-refractivity contribution in [1.29, 1.82) is 0 Å². The minimum atomic E-state index is 0.332. The Morgan fingerprint density at radius 3 is 2.91 bits per heavy atom. The molecule has 3 atom stereocenters. The molecule has 112 valence electrons. The van der Waals surface area contributed by atoms with Gasteiger partial charge in [0, 0.05) is 16.6 Å². The van der Waals surface area contributed by atoms with Crippen LogP contribution < -0.4 is 5.32 Å². The molecule has 22 heavy (non-hydrogen) atoms. The Labute approximate surface area is 137 Å². The lowest BCUT2D eigenvalue weighted by molar-refractivity contribution is 0.425. The van der Waals surface area contributed by atoms with Gasteiger partial charge in [0.15, 0.2) is 0 Å². The molecule has 0 radical (unpaired) electrons. The van der Waals surface area contributed by atoms with E-state index in [0.29, 0.717) is 17.9 Å². The van der Waals surface area contributed by atoms with Gasteiger partial charge < -0.3 is 5.32 Å². The van der Waals surface area contributed by atoms with Gasteiger partial charge in [-0.2, -0.15) is 0 Å². The summed E-state index contributed by atoms with van der Waals surface area (Å²) < 4.78 is 0. The van der Waals surface area contributed by atoms with Crippen molar-refractivity contribution < 1.29 is 0 Å². The molecule has 1 aliphatic heterocycles. The SMILES string of the molecule is CCc1ccc2c(c1)[C@@H]1C=CC[C@@H]1[C@H](c1cccc(Cl)c1)N2. The van der Waals surface area contributed by atoms with Gasteiger partial charge in [-0.1, -0.05) is 54.9 Å². The van der Waals surface area contributed by atoms with Crippen LogP contribution in [0, 0.1) is 5.92 Å². The second-order valence-corrected chi connectivity index (χ2v) is 6.74. The molecule has 0 spiro atoms. The largest absolute Gasteiger partial charge is 0.378 e. The molecule has 0 unspecified atom stereocenters. The maximum absolute atomic E-state index is 6.20. The Balaban J connectivity index is 1.78. The second-order valence-electron chi connectivity index (χ2n) is 6.31. The van der Waals surface area contributed by atoms with E-state index in [2.05, 4.69) is 54.7 Å². The monoisotopic (exact) mass is 309 g/mol. The number of fused-ring (bicyclic) bond motifs is 3. The van der Waals surface area contributed by atoms with Crippen molar-refractivity contribution in [2.45, 2.75) is 31.7 Å². The van der Waals surface area contributed by atoms with Gasteiger partial charge >= 0.3 is 0 Å². The average Bonchev–Trinajstić information content (AvgIpc) is 3.03. The number of rotatable bonds is 2. The lowest BCUT2D eigenvalue weighted by Crippen LogP contribution is -2.29. The summed E-state index contributed by atoms with van der Waals surface area (Å²) in [6.45, 7) is 2.22. The summed E-state index contributed by atoms with van der Waals surface area (Å²) in [5.41, 5.74) is 5.43. The number of hydrogen-bond acceptors (Lipinski definition) is 1. The van der Waals surface area contributed by atoms with Gasteiger partial charge in [-0.3, -0.25) is 0 Å². The maximum Gasteiger partial charge on any atom is 0.0554 e. The zero-order chi connectivity index (χ0) is 15.1. The van der Waals surface area contributed by atoms with E-state index in [4.69, 9.17) is 11.6 Å². The molecule has 1 heterocycles. The molecule has 0 bridgehead atoms. The van der Waals surface area contributed by atoms with Crippen LogP contribution in [0.2, 0.25) is 5.02 Å². The lowest BCUT2D eigenvalue weighted by Gasteiger charge is -2.37. The van der Waals surface area contributed by atoms with Crippen LogP contribution in [0.5, 0.6) is 0 Å². The van der Waals surface area contributed by atoms with Crippen molar-refractivity contribution in [2.24, 2.45) is 5.92 Å². The molecule has 1 nitrogen and oxygen atoms in total. The predicted octanol–water partition coefficient (Wildman–Crippen LogP) is 5.73. The van der Waals surface area contributed by atoms with E-state index in [0.717, 1.165) is 17.9 Å². The molecule has 0 fully saturated rings. The lowest BCUT2D eigenvalue weighted by atomic mass is 9.76. The third-order valence-electron chi connectivity index (χ3n) is 5.04. The summed E-state index contributed by atoms with van der Waals surface area (Å²) in [6.07, 6.45) is 6.94. The minimum absolute atomic E-state index is 0.332. The maximum atomic E-state index is 6.20. The zero-order valence-electron chi connectivity index (χ0n) is 12.7. The van der Waals surface area contributed by atoms with Gasteiger partial charge in [-0.15, -0.1) is 0 Å². The summed E-state index contributed by atoms with van der Waals surface area (Å²) in [7, 11) is 0. The molecule has 2 aromatic rings. The van der Waals surface area contributed by atoms with Crippen molar-refractivity contribution >= 4 is 17.3 Å². The summed E-state index contributed by atoms with van der Waals surface area (Å²) in [4.78, 5) is 0. The number of aryl methyl sites for hydroxylation is 1. The van der Waals surface area contributed by atoms with E-state index >= 15 is 0 Å². The highest BCUT2D eigenvalue weighted by atomic mass is 35.5. The van der Waals surface area contributed by atoms with Crippen LogP contribution in [0.1, 0.15) is 42.0 Å². The van der Waals surface area contributed by atoms with E-state index in [1.165, 1.54) is 22.4 Å². The summed E-state index contributed by atoms with van der Waals surface area (Å²) in [5.74, 6) is 1.10. The first-order chi connectivity index (χ1) is 10.8. The van der Waals surface area contributed by atoms with Gasteiger partial charge in [0.25, 0.3) is 0 Å². The first kappa shape index (κ1) is 13.9. The fourth-order valence-electron chi connectivity index (χ4n) is 3.89. The topological polar surface area (TPSA) is 12.0 Å². The molecule has 0 saturated carbocycles. The third kappa shape index (κ3) is 2.24. The molecule has 0 aromatic heterocycles. The number of hydrogen-bond donors (Lipinski definition) is 1. The van der Waals surface area contributed by atoms with Crippen LogP contribution in [0.3, 0.4) is 0 Å². The molecular weight excluding hydrogens is 290 g/mol. The van der Waals surface area contributed by atoms with Crippen LogP contribution in [-0.4, -0.2) is 0 Å². The van der Waals surface area contributed by atoms with Crippen LogP contribution in [-0.2, 0) is 6.42 Å². The number of nitrogens with one attached hydrogen (secondary N) is 1. The van der Waals surface area contributed by atoms with E-state index in [-0.39, 0.29) is 0 Å². The van der Waals surface area contributed by atoms with Crippen LogP contribution in [0.15, 0.2) is 54.6 Å². The van der Waals surface area contributed by atoms with Crippen molar-refractivity contribution in [1.82, 2.24) is 0 Å². The summed E-state index contributed by atoms with van der Waals surface area (Å²) in [5, 5.41) is 4.58. The smallest absolute Gasteiger partial charge is 0.0554 e. The Morgan fingerprint density at radius 1 is 1.18 bits per heavy atom. The molecule has 0 amide bonds. The molecule has 2 heteroatoms. The first-order valence-corrected chi connectivity index (χ1v) is 8.45. The van der Waals surface area contributed by atoms with Gasteiger partial charge in [0.1, 0.15) is 0 Å². The second kappa shape index (κ2) is 5.48. The highest BCUT2D eigenvalue weighted by Crippen LogP contribution is 2.50. The Bertz CT molecular complexity index is 734. The van der Waals surface area contributed by atoms with Crippen LogP contribution in [0.4, 0.5) is 5.69 Å². The number of halogens is 1. The quantitative estimate of drug-likeness (QED) is 0.699. The molecule has 1 N–H and O–H groups in total. The van der Waals surface area contributed by atoms with Crippen LogP contribution in [0.25, 0.3) is 0 Å². The first-order valence-electron chi connectivity index (χ1n) is 8.07. The average molecular weight is 310 g/mol. The van der Waals surface area contributed by atoms with Gasteiger partial charge in [-0.05, 0) is 53.6 Å². The van der Waals surface area contributed by atoms with E-state index < -0.39 is 0 Å². The fraction of sp³-hybridized carbons (Fsp3) is 0.300. The minimum Gasteiger partial charge on any atom is -0.378 e. The normalized spacial score (nSPS) is 25.5. The van der Waals surface area contributed by atoms with Gasteiger partial charge in [0.2, 0.25) is 0 Å². The van der Waals surface area contributed by atoms with Crippen molar-refractivity contribution in [3.05, 3.63) is 76.3 Å². The Kier molecular flexibility index (Phi) is 3.46. The molecular formula is C20H20ClN. The van der Waals surface area contributed by atoms with Gasteiger partial charge in [0.05, 0.1) is 6.04 Å². The fourth-order valence-corrected chi connectivity index (χ4v) is 4.09. The van der Waals surface area contributed by atoms with Crippen molar-refractivity contribution in [3.8, 4) is 0 Å². The van der Waals surface area contributed by atoms with E-state index in [9.17, 15) is 0 Å². The molecule has 2 aliphatic rings. The van der Waals surface area contributed by atoms with E-state index in [1.54, 1.807) is 0 Å². The third-order valence-corrected chi connectivity index (χ3v) is 5.28. The Hall–Kier alpha value is -1.73. The molecule has 1 aliphatic carbocycles. The standard InChI is InChI=1S/C20H20ClN/c1-2-13-9-10-19-18(11-13)16-7-4-8-17(16)20(22-19)14-5-3-6-15(21)12-14/h3-7,9-12,16-17,20,22H,2,8H2,1H3/t16-,17+,20+/m1/s1. The highest BCUT2D eigenvalue weighted by molar-refractivity contribution is 6.30. The van der Waals surface area contributed by atoms with E-state index in [1.807, 2.05) is 12.1 Å². The van der Waals surface area contributed by atoms with Crippen molar-refractivity contribution in [2.75, 3.05) is 5.32 Å². The van der Waals surface area contributed by atoms with Crippen molar-refractivity contribution in [3.63, 3.8) is 0 Å².